The van der Waals surface area contributed by atoms with Gasteiger partial charge in [0.25, 0.3) is 0 Å². The second kappa shape index (κ2) is 5.00. The lowest BCUT2D eigenvalue weighted by Crippen LogP contribution is -1.98. The summed E-state index contributed by atoms with van der Waals surface area (Å²) in [5.74, 6) is 0.237. The number of benzene rings is 1. The van der Waals surface area contributed by atoms with Gasteiger partial charge in [-0.15, -0.1) is 0 Å². The van der Waals surface area contributed by atoms with E-state index in [9.17, 15) is 4.79 Å². The fourth-order valence-electron chi connectivity index (χ4n) is 1.87. The third kappa shape index (κ3) is 2.31. The van der Waals surface area contributed by atoms with E-state index in [1.54, 1.807) is 0 Å². The molecule has 0 saturated heterocycles. The fraction of sp³-hybridized carbons (Fsp3) is 0.0714. The maximum atomic E-state index is 11.1. The van der Waals surface area contributed by atoms with Crippen LogP contribution in [0.5, 0.6) is 5.75 Å². The van der Waals surface area contributed by atoms with Crippen molar-refractivity contribution >= 4 is 17.1 Å². The van der Waals surface area contributed by atoms with Gasteiger partial charge in [-0.2, -0.15) is 0 Å². The minimum absolute atomic E-state index is 0.147. The highest BCUT2D eigenvalue weighted by atomic mass is 16.5. The molecule has 2 heterocycles. The third-order valence-electron chi connectivity index (χ3n) is 2.79. The number of para-hydroxylation sites is 1. The van der Waals surface area contributed by atoms with Crippen LogP contribution in [-0.4, -0.2) is 26.0 Å². The Morgan fingerprint density at radius 1 is 1.25 bits per heavy atom. The number of carboxylic acid groups (broad SMARTS) is 1. The van der Waals surface area contributed by atoms with Crippen molar-refractivity contribution in [2.75, 3.05) is 0 Å². The normalized spacial score (nSPS) is 10.6. The summed E-state index contributed by atoms with van der Waals surface area (Å²) >= 11 is 0. The van der Waals surface area contributed by atoms with Gasteiger partial charge in [-0.1, -0.05) is 18.2 Å². The fourth-order valence-corrected chi connectivity index (χ4v) is 1.87. The zero-order chi connectivity index (χ0) is 13.9. The van der Waals surface area contributed by atoms with Crippen molar-refractivity contribution in [2.45, 2.75) is 6.61 Å². The van der Waals surface area contributed by atoms with Crippen LogP contribution in [0.15, 0.2) is 42.6 Å². The first-order valence-corrected chi connectivity index (χ1v) is 5.99. The molecule has 0 aliphatic heterocycles. The highest BCUT2D eigenvalue weighted by Crippen LogP contribution is 2.16. The Kier molecular flexibility index (Phi) is 3.04. The van der Waals surface area contributed by atoms with E-state index in [4.69, 9.17) is 9.84 Å². The van der Waals surface area contributed by atoms with Crippen molar-refractivity contribution < 1.29 is 14.6 Å². The van der Waals surface area contributed by atoms with Crippen LogP contribution in [0.25, 0.3) is 11.2 Å². The summed E-state index contributed by atoms with van der Waals surface area (Å²) in [7, 11) is 0. The minimum Gasteiger partial charge on any atom is -0.486 e. The lowest BCUT2D eigenvalue weighted by Gasteiger charge is -2.02. The van der Waals surface area contributed by atoms with Gasteiger partial charge in [0.15, 0.2) is 5.65 Å². The Hall–Kier alpha value is -2.89. The molecule has 0 unspecified atom stereocenters. The number of H-pyrrole nitrogens is 1. The Morgan fingerprint density at radius 3 is 2.80 bits per heavy atom. The van der Waals surface area contributed by atoms with Gasteiger partial charge in [-0.05, 0) is 18.2 Å². The molecule has 2 aromatic heterocycles. The summed E-state index contributed by atoms with van der Waals surface area (Å²) < 4.78 is 5.55. The van der Waals surface area contributed by atoms with Crippen molar-refractivity contribution in [3.8, 4) is 5.75 Å². The molecule has 2 N–H and O–H groups in total. The van der Waals surface area contributed by atoms with E-state index >= 15 is 0 Å². The van der Waals surface area contributed by atoms with Gasteiger partial charge in [0.2, 0.25) is 0 Å². The van der Waals surface area contributed by atoms with E-state index in [1.165, 1.54) is 12.3 Å². The summed E-state index contributed by atoms with van der Waals surface area (Å²) in [5.41, 5.74) is 0.927. The van der Waals surface area contributed by atoms with Gasteiger partial charge >= 0.3 is 5.97 Å². The molecular weight excluding hydrogens is 258 g/mol. The number of rotatable bonds is 4. The number of nitrogens with zero attached hydrogens (tertiary/aromatic N) is 2. The standard InChI is InChI=1S/C14H11N3O3/c18-14(19)10-6-7-15-13-12(10)16-11(17-13)8-20-9-4-2-1-3-5-9/h1-7H,8H2,(H,18,19)(H,15,16,17). The van der Waals surface area contributed by atoms with Gasteiger partial charge in [0, 0.05) is 6.20 Å². The van der Waals surface area contributed by atoms with Crippen molar-refractivity contribution in [1.29, 1.82) is 0 Å². The molecule has 3 rings (SSSR count). The average molecular weight is 269 g/mol. The SMILES string of the molecule is O=C(O)c1ccnc2nc(COc3ccccc3)[nH]c12. The molecule has 1 aromatic carbocycles. The summed E-state index contributed by atoms with van der Waals surface area (Å²) in [6.07, 6.45) is 1.43. The highest BCUT2D eigenvalue weighted by molar-refractivity contribution is 5.99. The Morgan fingerprint density at radius 2 is 2.05 bits per heavy atom. The van der Waals surface area contributed by atoms with Gasteiger partial charge in [-0.3, -0.25) is 0 Å². The van der Waals surface area contributed by atoms with Crippen LogP contribution in [-0.2, 0) is 6.61 Å². The van der Waals surface area contributed by atoms with Crippen molar-refractivity contribution in [3.63, 3.8) is 0 Å². The van der Waals surface area contributed by atoms with Crippen LogP contribution in [0.1, 0.15) is 16.2 Å². The number of hydrogen-bond donors (Lipinski definition) is 2. The molecule has 6 nitrogen and oxygen atoms in total. The van der Waals surface area contributed by atoms with E-state index < -0.39 is 5.97 Å². The number of fused-ring (bicyclic) bond motifs is 1. The first-order chi connectivity index (χ1) is 9.74. The quantitative estimate of drug-likeness (QED) is 0.758. The van der Waals surface area contributed by atoms with E-state index in [2.05, 4.69) is 15.0 Å². The molecule has 0 amide bonds. The first-order valence-electron chi connectivity index (χ1n) is 5.99. The molecule has 0 atom stereocenters. The number of carbonyl (C=O) groups is 1. The van der Waals surface area contributed by atoms with Gasteiger partial charge in [0.1, 0.15) is 18.2 Å². The topological polar surface area (TPSA) is 88.1 Å². The van der Waals surface area contributed by atoms with E-state index in [0.717, 1.165) is 5.75 Å². The van der Waals surface area contributed by atoms with Crippen LogP contribution in [0.3, 0.4) is 0 Å². The Labute approximate surface area is 114 Å². The average Bonchev–Trinajstić information content (AvgIpc) is 2.88. The van der Waals surface area contributed by atoms with E-state index in [-0.39, 0.29) is 12.2 Å². The van der Waals surface area contributed by atoms with Crippen LogP contribution in [0.2, 0.25) is 0 Å². The number of carboxylic acids is 1. The summed E-state index contributed by atoms with van der Waals surface area (Å²) in [4.78, 5) is 22.3. The van der Waals surface area contributed by atoms with Crippen LogP contribution < -0.4 is 4.74 Å². The zero-order valence-corrected chi connectivity index (χ0v) is 10.4. The summed E-state index contributed by atoms with van der Waals surface area (Å²) in [5, 5.41) is 9.09. The molecule has 0 radical (unpaired) electrons. The van der Waals surface area contributed by atoms with Crippen LogP contribution in [0, 0.1) is 0 Å². The maximum absolute atomic E-state index is 11.1. The number of nitrogens with one attached hydrogen (secondary N) is 1. The molecule has 0 aliphatic carbocycles. The van der Waals surface area contributed by atoms with Gasteiger partial charge in [-0.25, -0.2) is 14.8 Å². The van der Waals surface area contributed by atoms with Gasteiger partial charge in [0.05, 0.1) is 11.1 Å². The molecule has 20 heavy (non-hydrogen) atoms. The molecule has 0 saturated carbocycles. The molecule has 3 aromatic rings. The van der Waals surface area contributed by atoms with Crippen LogP contribution >= 0.6 is 0 Å². The van der Waals surface area contributed by atoms with Crippen LogP contribution in [0.4, 0.5) is 0 Å². The van der Waals surface area contributed by atoms with Gasteiger partial charge < -0.3 is 14.8 Å². The van der Waals surface area contributed by atoms with E-state index in [0.29, 0.717) is 17.0 Å². The number of imidazole rings is 1. The third-order valence-corrected chi connectivity index (χ3v) is 2.79. The lowest BCUT2D eigenvalue weighted by molar-refractivity contribution is 0.0698. The lowest BCUT2D eigenvalue weighted by atomic mass is 10.2. The predicted molar refractivity (Wildman–Crippen MR) is 71.6 cm³/mol. The van der Waals surface area contributed by atoms with Crippen molar-refractivity contribution in [1.82, 2.24) is 15.0 Å². The molecule has 0 aliphatic rings. The van der Waals surface area contributed by atoms with E-state index in [1.807, 2.05) is 30.3 Å². The second-order valence-electron chi connectivity index (χ2n) is 4.15. The number of pyridine rings is 1. The second-order valence-corrected chi connectivity index (χ2v) is 4.15. The number of hydrogen-bond acceptors (Lipinski definition) is 4. The van der Waals surface area contributed by atoms with Crippen molar-refractivity contribution in [3.05, 3.63) is 54.0 Å². The highest BCUT2D eigenvalue weighted by Gasteiger charge is 2.13. The van der Waals surface area contributed by atoms with Crippen molar-refractivity contribution in [2.24, 2.45) is 0 Å². The molecule has 6 heteroatoms. The minimum atomic E-state index is -1.02. The number of aromatic amines is 1. The Bertz CT molecular complexity index is 753. The number of aromatic carboxylic acids is 1. The molecule has 100 valence electrons. The molecule has 0 bridgehead atoms. The predicted octanol–water partition coefficient (Wildman–Crippen LogP) is 2.24. The maximum Gasteiger partial charge on any atom is 0.338 e. The number of ether oxygens (including phenoxy) is 1. The zero-order valence-electron chi connectivity index (χ0n) is 10.4. The molecular formula is C14H11N3O3. The summed E-state index contributed by atoms with van der Waals surface area (Å²) in [6.45, 7) is 0.222. The first kappa shape index (κ1) is 12.2. The molecule has 0 fully saturated rings. The monoisotopic (exact) mass is 269 g/mol. The smallest absolute Gasteiger partial charge is 0.338 e. The largest absolute Gasteiger partial charge is 0.486 e. The number of aromatic nitrogens is 3. The molecule has 0 spiro atoms. The Balaban J connectivity index is 1.86. The summed E-state index contributed by atoms with van der Waals surface area (Å²) in [6, 6.07) is 10.8.